The molecule has 0 saturated heterocycles. The highest BCUT2D eigenvalue weighted by atomic mass is 32.2. The van der Waals surface area contributed by atoms with Crippen molar-refractivity contribution in [3.8, 4) is 0 Å². The van der Waals surface area contributed by atoms with E-state index in [4.69, 9.17) is 0 Å². The molecule has 0 atom stereocenters. The summed E-state index contributed by atoms with van der Waals surface area (Å²) in [5, 5.41) is 0. The van der Waals surface area contributed by atoms with Crippen LogP contribution in [0, 0.1) is 6.92 Å². The summed E-state index contributed by atoms with van der Waals surface area (Å²) in [6, 6.07) is 6.26. The molecule has 0 heterocycles. The summed E-state index contributed by atoms with van der Waals surface area (Å²) >= 11 is 1.71. The van der Waals surface area contributed by atoms with Crippen molar-refractivity contribution >= 4 is 17.5 Å². The normalized spacial score (nSPS) is 10.1. The van der Waals surface area contributed by atoms with Crippen molar-refractivity contribution in [2.75, 3.05) is 6.26 Å². The number of ketones is 1. The van der Waals surface area contributed by atoms with Crippen LogP contribution in [-0.4, -0.2) is 12.0 Å². The largest absolute Gasteiger partial charge is 0.300 e. The molecule has 0 unspecified atom stereocenters. The van der Waals surface area contributed by atoms with Gasteiger partial charge in [0.25, 0.3) is 0 Å². The molecule has 1 aromatic rings. The molecule has 0 spiro atoms. The summed E-state index contributed by atoms with van der Waals surface area (Å²) in [5.41, 5.74) is 2.35. The van der Waals surface area contributed by atoms with Gasteiger partial charge in [0.1, 0.15) is 5.78 Å². The van der Waals surface area contributed by atoms with Gasteiger partial charge in [-0.15, -0.1) is 11.8 Å². The summed E-state index contributed by atoms with van der Waals surface area (Å²) < 4.78 is 0. The van der Waals surface area contributed by atoms with Crippen LogP contribution < -0.4 is 0 Å². The molecule has 1 aromatic carbocycles. The fourth-order valence-corrected chi connectivity index (χ4v) is 1.70. The van der Waals surface area contributed by atoms with Gasteiger partial charge in [-0.2, -0.15) is 0 Å². The van der Waals surface area contributed by atoms with E-state index >= 15 is 0 Å². The predicted octanol–water partition coefficient (Wildman–Crippen LogP) is 2.85. The predicted molar refractivity (Wildman–Crippen MR) is 57.3 cm³/mol. The molecule has 0 saturated carbocycles. The van der Waals surface area contributed by atoms with E-state index in [0.29, 0.717) is 6.42 Å². The number of hydrogen-bond donors (Lipinski definition) is 0. The minimum absolute atomic E-state index is 0.223. The van der Waals surface area contributed by atoms with Gasteiger partial charge in [-0.05, 0) is 43.4 Å². The molecule has 0 aromatic heterocycles. The van der Waals surface area contributed by atoms with Gasteiger partial charge in [0.15, 0.2) is 0 Å². The molecule has 0 bridgehead atoms. The Bertz CT molecular complexity index is 318. The van der Waals surface area contributed by atoms with Crippen molar-refractivity contribution in [3.05, 3.63) is 29.3 Å². The van der Waals surface area contributed by atoms with Gasteiger partial charge in [0.05, 0.1) is 0 Å². The lowest BCUT2D eigenvalue weighted by Gasteiger charge is -2.05. The van der Waals surface area contributed by atoms with E-state index in [2.05, 4.69) is 18.2 Å². The Hall–Kier alpha value is -0.760. The summed E-state index contributed by atoms with van der Waals surface area (Å²) in [5.74, 6) is 0.223. The second-order valence-corrected chi connectivity index (χ2v) is 4.05. The molecule has 0 amide bonds. The third-order valence-corrected chi connectivity index (χ3v) is 2.72. The Labute approximate surface area is 83.5 Å². The van der Waals surface area contributed by atoms with E-state index in [0.717, 1.165) is 5.56 Å². The Morgan fingerprint density at radius 1 is 1.46 bits per heavy atom. The van der Waals surface area contributed by atoms with E-state index in [1.54, 1.807) is 18.7 Å². The quantitative estimate of drug-likeness (QED) is 0.688. The topological polar surface area (TPSA) is 17.1 Å². The lowest BCUT2D eigenvalue weighted by atomic mass is 10.0. The van der Waals surface area contributed by atoms with E-state index in [-0.39, 0.29) is 5.78 Å². The summed E-state index contributed by atoms with van der Waals surface area (Å²) in [6.07, 6.45) is 2.60. The lowest BCUT2D eigenvalue weighted by molar-refractivity contribution is -0.116. The zero-order valence-electron chi connectivity index (χ0n) is 8.26. The monoisotopic (exact) mass is 194 g/mol. The Balaban J connectivity index is 2.96. The van der Waals surface area contributed by atoms with Crippen molar-refractivity contribution in [3.63, 3.8) is 0 Å². The second-order valence-electron chi connectivity index (χ2n) is 3.17. The van der Waals surface area contributed by atoms with Crippen LogP contribution in [0.5, 0.6) is 0 Å². The Kier molecular flexibility index (Phi) is 3.55. The fourth-order valence-electron chi connectivity index (χ4n) is 1.23. The van der Waals surface area contributed by atoms with Crippen molar-refractivity contribution in [1.29, 1.82) is 0 Å². The average Bonchev–Trinajstić information content (AvgIpc) is 2.08. The molecular weight excluding hydrogens is 180 g/mol. The first-order chi connectivity index (χ1) is 6.13. The van der Waals surface area contributed by atoms with Crippen LogP contribution in [0.4, 0.5) is 0 Å². The van der Waals surface area contributed by atoms with Gasteiger partial charge < -0.3 is 0 Å². The first kappa shape index (κ1) is 10.3. The van der Waals surface area contributed by atoms with Crippen LogP contribution in [0.15, 0.2) is 23.1 Å². The molecular formula is C11H14OS. The van der Waals surface area contributed by atoms with Crippen molar-refractivity contribution < 1.29 is 4.79 Å². The minimum Gasteiger partial charge on any atom is -0.300 e. The first-order valence-electron chi connectivity index (χ1n) is 4.26. The molecule has 0 aliphatic heterocycles. The van der Waals surface area contributed by atoms with Crippen LogP contribution in [-0.2, 0) is 11.2 Å². The molecule has 0 aliphatic carbocycles. The van der Waals surface area contributed by atoms with E-state index in [1.165, 1.54) is 10.5 Å². The summed E-state index contributed by atoms with van der Waals surface area (Å²) in [4.78, 5) is 12.2. The molecule has 13 heavy (non-hydrogen) atoms. The van der Waals surface area contributed by atoms with Crippen LogP contribution >= 0.6 is 11.8 Å². The number of thioether (sulfide) groups is 1. The van der Waals surface area contributed by atoms with Gasteiger partial charge in [0.2, 0.25) is 0 Å². The zero-order chi connectivity index (χ0) is 9.84. The highest BCUT2D eigenvalue weighted by Crippen LogP contribution is 2.19. The molecule has 1 rings (SSSR count). The molecule has 1 nitrogen and oxygen atoms in total. The molecule has 0 aliphatic rings. The van der Waals surface area contributed by atoms with Crippen molar-refractivity contribution in [1.82, 2.24) is 0 Å². The third kappa shape index (κ3) is 2.88. The van der Waals surface area contributed by atoms with Gasteiger partial charge in [-0.3, -0.25) is 4.79 Å². The number of rotatable bonds is 3. The maximum Gasteiger partial charge on any atom is 0.134 e. The van der Waals surface area contributed by atoms with E-state index in [1.807, 2.05) is 13.2 Å². The summed E-state index contributed by atoms with van der Waals surface area (Å²) in [7, 11) is 0. The Morgan fingerprint density at radius 2 is 2.15 bits per heavy atom. The van der Waals surface area contributed by atoms with Gasteiger partial charge in [0, 0.05) is 11.3 Å². The highest BCUT2D eigenvalue weighted by molar-refractivity contribution is 7.98. The number of Topliss-reactive ketones (excluding diaryl/α,β-unsaturated/α-hetero) is 1. The molecule has 2 heteroatoms. The minimum atomic E-state index is 0.223. The third-order valence-electron chi connectivity index (χ3n) is 2.00. The maximum atomic E-state index is 11.0. The van der Waals surface area contributed by atoms with Gasteiger partial charge in [-0.25, -0.2) is 0 Å². The fraction of sp³-hybridized carbons (Fsp3) is 0.364. The number of hydrogen-bond acceptors (Lipinski definition) is 2. The lowest BCUT2D eigenvalue weighted by Crippen LogP contribution is -1.98. The molecule has 0 radical (unpaired) electrons. The first-order valence-corrected chi connectivity index (χ1v) is 5.49. The van der Waals surface area contributed by atoms with E-state index in [9.17, 15) is 4.79 Å². The highest BCUT2D eigenvalue weighted by Gasteiger charge is 2.02. The number of benzene rings is 1. The van der Waals surface area contributed by atoms with Crippen LogP contribution in [0.25, 0.3) is 0 Å². The zero-order valence-corrected chi connectivity index (χ0v) is 9.07. The number of aryl methyl sites for hydroxylation is 1. The standard InChI is InChI=1S/C11H14OS/c1-8-4-5-11(13-3)7-10(8)6-9(2)12/h4-5,7H,6H2,1-3H3. The second kappa shape index (κ2) is 4.47. The molecule has 0 fully saturated rings. The Morgan fingerprint density at radius 3 is 2.69 bits per heavy atom. The maximum absolute atomic E-state index is 11.0. The van der Waals surface area contributed by atoms with Crippen LogP contribution in [0.2, 0.25) is 0 Å². The van der Waals surface area contributed by atoms with Gasteiger partial charge in [-0.1, -0.05) is 6.07 Å². The smallest absolute Gasteiger partial charge is 0.134 e. The number of carbonyl (C=O) groups is 1. The SMILES string of the molecule is CSc1ccc(C)c(CC(C)=O)c1. The molecule has 70 valence electrons. The number of carbonyl (C=O) groups excluding carboxylic acids is 1. The van der Waals surface area contributed by atoms with Crippen LogP contribution in [0.1, 0.15) is 18.1 Å². The average molecular weight is 194 g/mol. The van der Waals surface area contributed by atoms with Gasteiger partial charge >= 0.3 is 0 Å². The van der Waals surface area contributed by atoms with Crippen LogP contribution in [0.3, 0.4) is 0 Å². The summed E-state index contributed by atoms with van der Waals surface area (Å²) in [6.45, 7) is 3.67. The van der Waals surface area contributed by atoms with E-state index < -0.39 is 0 Å². The van der Waals surface area contributed by atoms with Crippen molar-refractivity contribution in [2.24, 2.45) is 0 Å². The van der Waals surface area contributed by atoms with Crippen molar-refractivity contribution in [2.45, 2.75) is 25.2 Å². The molecule has 0 N–H and O–H groups in total.